The fourth-order valence-electron chi connectivity index (χ4n) is 3.11. The summed E-state index contributed by atoms with van der Waals surface area (Å²) in [6, 6.07) is 2.41. The topological polar surface area (TPSA) is 77.2 Å². The summed E-state index contributed by atoms with van der Waals surface area (Å²) in [6.07, 6.45) is -0.120. The molecule has 1 aliphatic carbocycles. The van der Waals surface area contributed by atoms with Crippen molar-refractivity contribution >= 4 is 17.4 Å². The van der Waals surface area contributed by atoms with Crippen molar-refractivity contribution in [1.29, 1.82) is 5.26 Å². The van der Waals surface area contributed by atoms with Crippen LogP contribution in [0.5, 0.6) is 0 Å². The molecule has 0 radical (unpaired) electrons. The Balaban J connectivity index is 1.89. The Hall–Kier alpha value is -1.61. The quantitative estimate of drug-likeness (QED) is 0.838. The number of rotatable bonds is 1. The first-order chi connectivity index (χ1) is 8.59. The molecule has 1 aromatic heterocycles. The third kappa shape index (κ3) is 1.37. The molecule has 18 heavy (non-hydrogen) atoms. The number of piperidine rings is 1. The van der Waals surface area contributed by atoms with Crippen molar-refractivity contribution in [1.82, 2.24) is 9.88 Å². The Morgan fingerprint density at radius 2 is 2.50 bits per heavy atom. The second-order valence-electron chi connectivity index (χ2n) is 5.01. The van der Waals surface area contributed by atoms with Gasteiger partial charge in [0.1, 0.15) is 10.4 Å². The summed E-state index contributed by atoms with van der Waals surface area (Å²) in [5.41, 5.74) is 0.409. The number of hydrogen-bond acceptors (Lipinski definition) is 4. The average Bonchev–Trinajstić information content (AvgIpc) is 2.82. The summed E-state index contributed by atoms with van der Waals surface area (Å²) in [5, 5.41) is 21.4. The van der Waals surface area contributed by atoms with Crippen LogP contribution in [0.2, 0.25) is 0 Å². The van der Waals surface area contributed by atoms with E-state index < -0.39 is 11.5 Å². The first-order valence-corrected chi connectivity index (χ1v) is 6.79. The Kier molecular flexibility index (Phi) is 2.35. The molecule has 1 saturated carbocycles. The summed E-state index contributed by atoms with van der Waals surface area (Å²) < 4.78 is 0. The lowest BCUT2D eigenvalue weighted by atomic mass is 10.0. The predicted molar refractivity (Wildman–Crippen MR) is 65.3 cm³/mol. The molecule has 1 aliphatic heterocycles. The number of aryl methyl sites for hydroxylation is 1. The van der Waals surface area contributed by atoms with Crippen molar-refractivity contribution in [3.8, 4) is 6.07 Å². The number of carbonyl (C=O) groups is 1. The van der Waals surface area contributed by atoms with E-state index in [4.69, 9.17) is 5.11 Å². The van der Waals surface area contributed by atoms with Crippen LogP contribution >= 0.6 is 11.3 Å². The van der Waals surface area contributed by atoms with Crippen LogP contribution in [0.1, 0.15) is 17.1 Å². The maximum absolute atomic E-state index is 11.0. The van der Waals surface area contributed by atoms with E-state index in [9.17, 15) is 10.1 Å². The zero-order valence-electron chi connectivity index (χ0n) is 9.96. The highest BCUT2D eigenvalue weighted by atomic mass is 32.1. The van der Waals surface area contributed by atoms with E-state index in [1.807, 2.05) is 12.3 Å². The van der Waals surface area contributed by atoms with Crippen LogP contribution in [0.4, 0.5) is 4.79 Å². The molecule has 1 amide bonds. The van der Waals surface area contributed by atoms with E-state index in [2.05, 4.69) is 11.1 Å². The van der Waals surface area contributed by atoms with Crippen molar-refractivity contribution in [2.75, 3.05) is 13.1 Å². The molecule has 2 heterocycles. The smallest absolute Gasteiger partial charge is 0.407 e. The molecule has 1 saturated heterocycles. The minimum atomic E-state index is -0.887. The molecule has 6 heteroatoms. The lowest BCUT2D eigenvalue weighted by molar-refractivity contribution is 0.133. The Morgan fingerprint density at radius 1 is 1.72 bits per heavy atom. The van der Waals surface area contributed by atoms with Crippen LogP contribution in [0, 0.1) is 30.1 Å². The van der Waals surface area contributed by atoms with Crippen LogP contribution in [0.25, 0.3) is 0 Å². The molecule has 1 N–H and O–H groups in total. The van der Waals surface area contributed by atoms with Crippen LogP contribution in [-0.2, 0) is 5.41 Å². The number of hydrogen-bond donors (Lipinski definition) is 1. The summed E-state index contributed by atoms with van der Waals surface area (Å²) in [6.45, 7) is 2.91. The van der Waals surface area contributed by atoms with Gasteiger partial charge in [-0.2, -0.15) is 5.26 Å². The first kappa shape index (κ1) is 11.5. The minimum absolute atomic E-state index is 0.123. The predicted octanol–water partition coefficient (Wildman–Crippen LogP) is 1.84. The van der Waals surface area contributed by atoms with Gasteiger partial charge in [0.2, 0.25) is 0 Å². The van der Waals surface area contributed by atoms with Crippen molar-refractivity contribution in [2.45, 2.75) is 18.8 Å². The lowest BCUT2D eigenvalue weighted by Gasteiger charge is -2.22. The Bertz CT molecular complexity index is 550. The highest BCUT2D eigenvalue weighted by Gasteiger charge is 2.69. The molecule has 94 valence electrons. The van der Waals surface area contributed by atoms with E-state index in [-0.39, 0.29) is 11.8 Å². The normalized spacial score (nSPS) is 33.7. The van der Waals surface area contributed by atoms with Gasteiger partial charge in [-0.3, -0.25) is 0 Å². The second-order valence-corrected chi connectivity index (χ2v) is 5.86. The van der Waals surface area contributed by atoms with Crippen LogP contribution in [-0.4, -0.2) is 34.2 Å². The van der Waals surface area contributed by atoms with Gasteiger partial charge in [-0.15, -0.1) is 11.3 Å². The van der Waals surface area contributed by atoms with Crippen LogP contribution < -0.4 is 0 Å². The van der Waals surface area contributed by atoms with Crippen LogP contribution in [0.3, 0.4) is 0 Å². The fourth-order valence-corrected chi connectivity index (χ4v) is 4.19. The van der Waals surface area contributed by atoms with Gasteiger partial charge in [-0.1, -0.05) is 0 Å². The molecule has 3 atom stereocenters. The number of carboxylic acid groups (broad SMARTS) is 1. The maximum atomic E-state index is 11.0. The largest absolute Gasteiger partial charge is 0.465 e. The molecular weight excluding hydrogens is 250 g/mol. The monoisotopic (exact) mass is 263 g/mol. The zero-order valence-corrected chi connectivity index (χ0v) is 10.8. The van der Waals surface area contributed by atoms with Gasteiger partial charge in [-0.25, -0.2) is 9.78 Å². The fraction of sp³-hybridized carbons (Fsp3) is 0.583. The van der Waals surface area contributed by atoms with Crippen molar-refractivity contribution in [2.24, 2.45) is 11.8 Å². The third-order valence-corrected chi connectivity index (χ3v) is 5.21. The molecule has 0 spiro atoms. The van der Waals surface area contributed by atoms with Gasteiger partial charge >= 0.3 is 6.09 Å². The summed E-state index contributed by atoms with van der Waals surface area (Å²) in [7, 11) is 0. The lowest BCUT2D eigenvalue weighted by Crippen LogP contribution is -2.35. The van der Waals surface area contributed by atoms with E-state index >= 15 is 0 Å². The number of aromatic nitrogens is 1. The molecule has 0 bridgehead atoms. The van der Waals surface area contributed by atoms with E-state index in [0.717, 1.165) is 17.1 Å². The third-order valence-electron chi connectivity index (χ3n) is 4.10. The molecule has 1 aromatic rings. The molecular formula is C12H13N3O2S. The number of amides is 1. The summed E-state index contributed by atoms with van der Waals surface area (Å²) in [5.74, 6) is 0.404. The van der Waals surface area contributed by atoms with Gasteiger partial charge in [0.05, 0.1) is 6.07 Å². The van der Waals surface area contributed by atoms with E-state index in [1.54, 1.807) is 0 Å². The minimum Gasteiger partial charge on any atom is -0.465 e. The average molecular weight is 263 g/mol. The van der Waals surface area contributed by atoms with Crippen LogP contribution in [0.15, 0.2) is 5.38 Å². The van der Waals surface area contributed by atoms with Gasteiger partial charge < -0.3 is 10.0 Å². The molecule has 5 nitrogen and oxygen atoms in total. The SMILES string of the molecule is Cc1csc([C@@]2(C#N)[C@@H]3CCN(C(=O)O)C[C@@H]32)n1. The van der Waals surface area contributed by atoms with Gasteiger partial charge in [-0.05, 0) is 19.3 Å². The number of likely N-dealkylation sites (tertiary alicyclic amines) is 1. The zero-order chi connectivity index (χ0) is 12.9. The van der Waals surface area contributed by atoms with Crippen molar-refractivity contribution in [3.05, 3.63) is 16.1 Å². The molecule has 2 fully saturated rings. The number of fused-ring (bicyclic) bond motifs is 1. The highest BCUT2D eigenvalue weighted by Crippen LogP contribution is 2.63. The van der Waals surface area contributed by atoms with Gasteiger partial charge in [0.15, 0.2) is 0 Å². The first-order valence-electron chi connectivity index (χ1n) is 5.91. The number of thiazole rings is 1. The van der Waals surface area contributed by atoms with Gasteiger partial charge in [0, 0.05) is 30.1 Å². The summed E-state index contributed by atoms with van der Waals surface area (Å²) in [4.78, 5) is 16.8. The number of nitriles is 1. The molecule has 3 rings (SSSR count). The molecule has 2 aliphatic rings. The highest BCUT2D eigenvalue weighted by molar-refractivity contribution is 7.09. The summed E-state index contributed by atoms with van der Waals surface area (Å²) >= 11 is 1.52. The Labute approximate surface area is 109 Å². The maximum Gasteiger partial charge on any atom is 0.407 e. The molecule has 0 unspecified atom stereocenters. The molecule has 0 aromatic carbocycles. The number of nitrogens with zero attached hydrogens (tertiary/aromatic N) is 3. The van der Waals surface area contributed by atoms with Crippen molar-refractivity contribution < 1.29 is 9.90 Å². The van der Waals surface area contributed by atoms with Crippen molar-refractivity contribution in [3.63, 3.8) is 0 Å². The standard InChI is InChI=1S/C12H13N3O2S/c1-7-5-18-10(14-7)12(6-13)8-2-3-15(11(16)17)4-9(8)12/h5,8-9H,2-4H2,1H3,(H,16,17)/t8-,9+,12+/m1/s1. The van der Waals surface area contributed by atoms with Gasteiger partial charge in [0.25, 0.3) is 0 Å². The second kappa shape index (κ2) is 3.69. The Morgan fingerprint density at radius 3 is 3.06 bits per heavy atom. The van der Waals surface area contributed by atoms with E-state index in [1.165, 1.54) is 16.2 Å². The van der Waals surface area contributed by atoms with E-state index in [0.29, 0.717) is 13.1 Å².